The average molecular weight is 271 g/mol. The number of anilines is 1. The molecule has 0 amide bonds. The molecule has 0 bridgehead atoms. The lowest BCUT2D eigenvalue weighted by molar-refractivity contribution is 0.215. The number of rotatable bonds is 7. The van der Waals surface area contributed by atoms with E-state index in [1.165, 1.54) is 4.88 Å². The first-order chi connectivity index (χ1) is 8.41. The van der Waals surface area contributed by atoms with Gasteiger partial charge in [0, 0.05) is 37.7 Å². The molecule has 104 valence electrons. The Labute approximate surface area is 114 Å². The third-order valence-electron chi connectivity index (χ3n) is 3.38. The Balaban J connectivity index is 2.67. The maximum Gasteiger partial charge on any atom is 0.185 e. The topological polar surface area (TPSA) is 48.4 Å². The molecule has 0 aromatic carbocycles. The summed E-state index contributed by atoms with van der Waals surface area (Å²) in [6, 6.07) is 0. The van der Waals surface area contributed by atoms with Crippen LogP contribution in [0.5, 0.6) is 0 Å². The van der Waals surface area contributed by atoms with Crippen LogP contribution < -0.4 is 10.2 Å². The predicted octanol–water partition coefficient (Wildman–Crippen LogP) is 2.16. The fraction of sp³-hybridized carbons (Fsp3) is 0.769. The lowest BCUT2D eigenvalue weighted by Gasteiger charge is -2.29. The van der Waals surface area contributed by atoms with E-state index in [2.05, 4.69) is 31.1 Å². The van der Waals surface area contributed by atoms with Crippen molar-refractivity contribution in [2.24, 2.45) is 0 Å². The maximum absolute atomic E-state index is 9.11. The average Bonchev–Trinajstić information content (AvgIpc) is 2.69. The zero-order valence-corrected chi connectivity index (χ0v) is 12.9. The van der Waals surface area contributed by atoms with E-state index in [4.69, 9.17) is 5.11 Å². The minimum atomic E-state index is 0.00343. The number of thiazole rings is 1. The SMILES string of the molecule is CCC(C)(CCO)NCc1sc(N(C)C)nc1C. The van der Waals surface area contributed by atoms with E-state index in [0.717, 1.165) is 30.2 Å². The quantitative estimate of drug-likeness (QED) is 0.798. The Kier molecular flexibility index (Phi) is 5.56. The number of nitrogens with zero attached hydrogens (tertiary/aromatic N) is 2. The Morgan fingerprint density at radius 1 is 1.44 bits per heavy atom. The number of hydrogen-bond donors (Lipinski definition) is 2. The van der Waals surface area contributed by atoms with Crippen LogP contribution in [0.4, 0.5) is 5.13 Å². The van der Waals surface area contributed by atoms with Crippen molar-refractivity contribution >= 4 is 16.5 Å². The summed E-state index contributed by atoms with van der Waals surface area (Å²) >= 11 is 1.73. The van der Waals surface area contributed by atoms with Crippen LogP contribution in [0.2, 0.25) is 0 Å². The molecule has 0 fully saturated rings. The minimum Gasteiger partial charge on any atom is -0.396 e. The standard InChI is InChI=1S/C13H25N3OS/c1-6-13(3,7-8-17)14-9-11-10(2)15-12(18-11)16(4)5/h14,17H,6-9H2,1-5H3. The molecule has 1 atom stereocenters. The molecule has 0 saturated heterocycles. The molecule has 2 N–H and O–H groups in total. The number of aliphatic hydroxyl groups is 1. The second-order valence-electron chi connectivity index (χ2n) is 5.14. The molecule has 1 aromatic heterocycles. The van der Waals surface area contributed by atoms with Gasteiger partial charge in [0.25, 0.3) is 0 Å². The van der Waals surface area contributed by atoms with Crippen LogP contribution in [0.25, 0.3) is 0 Å². The van der Waals surface area contributed by atoms with Crippen molar-refractivity contribution in [3.05, 3.63) is 10.6 Å². The van der Waals surface area contributed by atoms with Crippen LogP contribution >= 0.6 is 11.3 Å². The first-order valence-electron chi connectivity index (χ1n) is 6.41. The number of nitrogens with one attached hydrogen (secondary N) is 1. The Morgan fingerprint density at radius 2 is 2.11 bits per heavy atom. The second kappa shape index (κ2) is 6.50. The van der Waals surface area contributed by atoms with E-state index in [9.17, 15) is 0 Å². The Morgan fingerprint density at radius 3 is 2.56 bits per heavy atom. The van der Waals surface area contributed by atoms with Crippen molar-refractivity contribution in [3.8, 4) is 0 Å². The highest BCUT2D eigenvalue weighted by molar-refractivity contribution is 7.15. The summed E-state index contributed by atoms with van der Waals surface area (Å²) in [5.41, 5.74) is 1.10. The fourth-order valence-electron chi connectivity index (χ4n) is 1.70. The van der Waals surface area contributed by atoms with E-state index in [1.54, 1.807) is 11.3 Å². The van der Waals surface area contributed by atoms with Crippen molar-refractivity contribution in [2.75, 3.05) is 25.6 Å². The summed E-state index contributed by atoms with van der Waals surface area (Å²) in [6.45, 7) is 7.40. The highest BCUT2D eigenvalue weighted by atomic mass is 32.1. The van der Waals surface area contributed by atoms with Crippen molar-refractivity contribution in [3.63, 3.8) is 0 Å². The molecule has 1 unspecified atom stereocenters. The van der Waals surface area contributed by atoms with Gasteiger partial charge in [0.05, 0.1) is 5.69 Å². The lowest BCUT2D eigenvalue weighted by Crippen LogP contribution is -2.41. The monoisotopic (exact) mass is 271 g/mol. The number of aliphatic hydroxyl groups excluding tert-OH is 1. The molecule has 0 aliphatic carbocycles. The Hall–Kier alpha value is -0.650. The minimum absolute atomic E-state index is 0.00343. The van der Waals surface area contributed by atoms with Gasteiger partial charge in [0.15, 0.2) is 5.13 Å². The van der Waals surface area contributed by atoms with Gasteiger partial charge in [-0.2, -0.15) is 0 Å². The zero-order valence-electron chi connectivity index (χ0n) is 12.1. The summed E-state index contributed by atoms with van der Waals surface area (Å²) in [5, 5.41) is 13.7. The van der Waals surface area contributed by atoms with Crippen LogP contribution in [-0.2, 0) is 6.54 Å². The van der Waals surface area contributed by atoms with Crippen LogP contribution in [0.1, 0.15) is 37.3 Å². The maximum atomic E-state index is 9.11. The van der Waals surface area contributed by atoms with Crippen LogP contribution in [0.15, 0.2) is 0 Å². The van der Waals surface area contributed by atoms with E-state index in [0.29, 0.717) is 0 Å². The number of hydrogen-bond acceptors (Lipinski definition) is 5. The van der Waals surface area contributed by atoms with Gasteiger partial charge < -0.3 is 15.3 Å². The highest BCUT2D eigenvalue weighted by Gasteiger charge is 2.21. The molecule has 0 aliphatic heterocycles. The fourth-order valence-corrected chi connectivity index (χ4v) is 2.62. The van der Waals surface area contributed by atoms with E-state index >= 15 is 0 Å². The highest BCUT2D eigenvalue weighted by Crippen LogP contribution is 2.25. The van der Waals surface area contributed by atoms with E-state index in [-0.39, 0.29) is 12.1 Å². The van der Waals surface area contributed by atoms with Gasteiger partial charge in [0.2, 0.25) is 0 Å². The largest absolute Gasteiger partial charge is 0.396 e. The van der Waals surface area contributed by atoms with Crippen LogP contribution in [0, 0.1) is 6.92 Å². The van der Waals surface area contributed by atoms with Crippen LogP contribution in [0.3, 0.4) is 0 Å². The molecule has 4 nitrogen and oxygen atoms in total. The molecule has 1 heterocycles. The molecule has 1 rings (SSSR count). The summed E-state index contributed by atoms with van der Waals surface area (Å²) < 4.78 is 0. The predicted molar refractivity (Wildman–Crippen MR) is 78.4 cm³/mol. The first kappa shape index (κ1) is 15.4. The molecule has 0 spiro atoms. The zero-order chi connectivity index (χ0) is 13.8. The van der Waals surface area contributed by atoms with Gasteiger partial charge in [-0.3, -0.25) is 0 Å². The Bertz CT molecular complexity index is 378. The lowest BCUT2D eigenvalue weighted by atomic mass is 9.95. The molecular formula is C13H25N3OS. The number of aryl methyl sites for hydroxylation is 1. The molecule has 0 radical (unpaired) electrons. The molecular weight excluding hydrogens is 246 g/mol. The molecule has 18 heavy (non-hydrogen) atoms. The first-order valence-corrected chi connectivity index (χ1v) is 7.23. The van der Waals surface area contributed by atoms with Gasteiger partial charge in [-0.1, -0.05) is 6.92 Å². The molecule has 5 heteroatoms. The van der Waals surface area contributed by atoms with Gasteiger partial charge in [0.1, 0.15) is 0 Å². The normalized spacial score (nSPS) is 14.6. The second-order valence-corrected chi connectivity index (χ2v) is 6.20. The van der Waals surface area contributed by atoms with Crippen LogP contribution in [-0.4, -0.2) is 36.3 Å². The summed E-state index contributed by atoms with van der Waals surface area (Å²) in [7, 11) is 4.02. The molecule has 0 saturated carbocycles. The van der Waals surface area contributed by atoms with E-state index < -0.39 is 0 Å². The van der Waals surface area contributed by atoms with Crippen molar-refractivity contribution < 1.29 is 5.11 Å². The van der Waals surface area contributed by atoms with Gasteiger partial charge in [-0.15, -0.1) is 11.3 Å². The van der Waals surface area contributed by atoms with Gasteiger partial charge in [-0.25, -0.2) is 4.98 Å². The molecule has 0 aliphatic rings. The molecule has 1 aromatic rings. The van der Waals surface area contributed by atoms with E-state index in [1.807, 2.05) is 19.0 Å². The summed E-state index contributed by atoms with van der Waals surface area (Å²) in [4.78, 5) is 7.85. The summed E-state index contributed by atoms with van der Waals surface area (Å²) in [6.07, 6.45) is 1.79. The van der Waals surface area contributed by atoms with Gasteiger partial charge in [-0.05, 0) is 26.7 Å². The number of aromatic nitrogens is 1. The smallest absolute Gasteiger partial charge is 0.185 e. The van der Waals surface area contributed by atoms with Crippen molar-refractivity contribution in [1.82, 2.24) is 10.3 Å². The van der Waals surface area contributed by atoms with Gasteiger partial charge >= 0.3 is 0 Å². The van der Waals surface area contributed by atoms with Crippen molar-refractivity contribution in [1.29, 1.82) is 0 Å². The van der Waals surface area contributed by atoms with Crippen molar-refractivity contribution in [2.45, 2.75) is 45.7 Å². The third kappa shape index (κ3) is 3.93. The summed E-state index contributed by atoms with van der Waals surface area (Å²) in [5.74, 6) is 0. The third-order valence-corrected chi connectivity index (χ3v) is 4.71.